The van der Waals surface area contributed by atoms with E-state index in [1.165, 1.54) is 45.6 Å². The molecule has 106 valence electrons. The summed E-state index contributed by atoms with van der Waals surface area (Å²) in [4.78, 5) is 22.8. The first kappa shape index (κ1) is 13.3. The lowest BCUT2D eigenvalue weighted by molar-refractivity contribution is -0.117. The third kappa shape index (κ3) is 2.76. The van der Waals surface area contributed by atoms with Gasteiger partial charge in [-0.15, -0.1) is 11.8 Å². The predicted octanol–water partition coefficient (Wildman–Crippen LogP) is 2.14. The first-order chi connectivity index (χ1) is 9.08. The number of imide groups is 1. The van der Waals surface area contributed by atoms with Gasteiger partial charge in [0.15, 0.2) is 0 Å². The van der Waals surface area contributed by atoms with E-state index in [2.05, 4.69) is 10.6 Å². The summed E-state index contributed by atoms with van der Waals surface area (Å²) in [6.45, 7) is 0. The highest BCUT2D eigenvalue weighted by molar-refractivity contribution is 8.01. The summed E-state index contributed by atoms with van der Waals surface area (Å²) < 4.78 is 0.342. The topological polar surface area (TPSA) is 58.2 Å². The fraction of sp³-hybridized carbons (Fsp3) is 0.857. The minimum Gasteiger partial charge on any atom is -0.341 e. The molecule has 0 saturated heterocycles. The quantitative estimate of drug-likeness (QED) is 0.834. The third-order valence-electron chi connectivity index (χ3n) is 4.97. The van der Waals surface area contributed by atoms with Gasteiger partial charge in [-0.25, -0.2) is 4.79 Å². The van der Waals surface area contributed by atoms with Crippen molar-refractivity contribution >= 4 is 23.7 Å². The molecular weight excluding hydrogens is 260 g/mol. The van der Waals surface area contributed by atoms with E-state index in [4.69, 9.17) is 0 Å². The Bertz CT molecular complexity index is 362. The van der Waals surface area contributed by atoms with E-state index in [1.807, 2.05) is 0 Å². The van der Waals surface area contributed by atoms with Crippen LogP contribution in [0.5, 0.6) is 0 Å². The van der Waals surface area contributed by atoms with Crippen LogP contribution in [0.3, 0.4) is 0 Å². The van der Waals surface area contributed by atoms with E-state index in [0.29, 0.717) is 10.5 Å². The highest BCUT2D eigenvalue weighted by atomic mass is 32.2. The number of thioether (sulfide) groups is 1. The Morgan fingerprint density at radius 3 is 2.11 bits per heavy atom. The molecule has 3 amide bonds. The molecule has 0 aromatic carbocycles. The maximum absolute atomic E-state index is 11.7. The molecule has 0 aliphatic heterocycles. The van der Waals surface area contributed by atoms with Gasteiger partial charge in [-0.3, -0.25) is 10.1 Å². The summed E-state index contributed by atoms with van der Waals surface area (Å²) in [5.74, 6) is 2.96. The lowest BCUT2D eigenvalue weighted by Gasteiger charge is -2.56. The zero-order valence-corrected chi connectivity index (χ0v) is 12.2. The molecule has 4 fully saturated rings. The molecule has 19 heavy (non-hydrogen) atoms. The number of urea groups is 1. The van der Waals surface area contributed by atoms with Crippen LogP contribution in [0.25, 0.3) is 0 Å². The standard InChI is InChI=1S/C14H22N2O2S/c1-15-13(18)16-12(17)8-19-14-5-9-2-10(6-14)4-11(3-9)7-14/h9-11H,2-8H2,1H3,(H2,15,16,17,18). The van der Waals surface area contributed by atoms with E-state index in [9.17, 15) is 9.59 Å². The molecule has 0 heterocycles. The van der Waals surface area contributed by atoms with Crippen molar-refractivity contribution in [1.82, 2.24) is 10.6 Å². The second-order valence-corrected chi connectivity index (χ2v) is 7.96. The van der Waals surface area contributed by atoms with Crippen LogP contribution in [0.15, 0.2) is 0 Å². The number of carbonyl (C=O) groups is 2. The van der Waals surface area contributed by atoms with Crippen LogP contribution in [-0.4, -0.2) is 29.5 Å². The predicted molar refractivity (Wildman–Crippen MR) is 76.0 cm³/mol. The molecule has 0 unspecified atom stereocenters. The summed E-state index contributed by atoms with van der Waals surface area (Å²) in [5.41, 5.74) is 0. The van der Waals surface area contributed by atoms with Crippen LogP contribution in [0.1, 0.15) is 38.5 Å². The minimum atomic E-state index is -0.406. The third-order valence-corrected chi connectivity index (χ3v) is 6.49. The first-order valence-electron chi connectivity index (χ1n) is 7.24. The minimum absolute atomic E-state index is 0.167. The Morgan fingerprint density at radius 2 is 1.63 bits per heavy atom. The molecule has 4 aliphatic carbocycles. The lowest BCUT2D eigenvalue weighted by atomic mass is 9.56. The van der Waals surface area contributed by atoms with E-state index >= 15 is 0 Å². The van der Waals surface area contributed by atoms with Crippen molar-refractivity contribution < 1.29 is 9.59 Å². The SMILES string of the molecule is CNC(=O)NC(=O)CSC12CC3CC(CC(C3)C1)C2. The number of rotatable bonds is 3. The number of hydrogen-bond acceptors (Lipinski definition) is 3. The molecule has 4 aliphatic rings. The Hall–Kier alpha value is -0.710. The summed E-state index contributed by atoms with van der Waals surface area (Å²) in [7, 11) is 1.52. The van der Waals surface area contributed by atoms with Crippen molar-refractivity contribution in [3.8, 4) is 0 Å². The monoisotopic (exact) mass is 282 g/mol. The Morgan fingerprint density at radius 1 is 1.11 bits per heavy atom. The Balaban J connectivity index is 1.55. The second kappa shape index (κ2) is 5.00. The lowest BCUT2D eigenvalue weighted by Crippen LogP contribution is -2.49. The van der Waals surface area contributed by atoms with Gasteiger partial charge in [-0.1, -0.05) is 0 Å². The number of amides is 3. The maximum Gasteiger partial charge on any atom is 0.321 e. The van der Waals surface area contributed by atoms with Gasteiger partial charge in [-0.2, -0.15) is 0 Å². The summed E-state index contributed by atoms with van der Waals surface area (Å²) in [6, 6.07) is -0.406. The van der Waals surface area contributed by atoms with Crippen LogP contribution in [0.2, 0.25) is 0 Å². The van der Waals surface area contributed by atoms with Crippen molar-refractivity contribution in [3.63, 3.8) is 0 Å². The molecule has 4 nitrogen and oxygen atoms in total. The summed E-state index contributed by atoms with van der Waals surface area (Å²) >= 11 is 1.80. The maximum atomic E-state index is 11.7. The zero-order chi connectivity index (χ0) is 13.5. The van der Waals surface area contributed by atoms with E-state index in [0.717, 1.165) is 17.8 Å². The molecule has 4 bridgehead atoms. The van der Waals surface area contributed by atoms with Crippen molar-refractivity contribution in [2.24, 2.45) is 17.8 Å². The smallest absolute Gasteiger partial charge is 0.321 e. The van der Waals surface area contributed by atoms with E-state index in [-0.39, 0.29) is 5.91 Å². The molecule has 0 aromatic rings. The Labute approximate surface area is 118 Å². The van der Waals surface area contributed by atoms with Gasteiger partial charge in [0.05, 0.1) is 5.75 Å². The average Bonchev–Trinajstić information content (AvgIpc) is 2.35. The van der Waals surface area contributed by atoms with Gasteiger partial charge in [0.1, 0.15) is 0 Å². The molecule has 5 heteroatoms. The molecule has 0 aromatic heterocycles. The Kier molecular flexibility index (Phi) is 3.50. The number of nitrogens with one attached hydrogen (secondary N) is 2. The van der Waals surface area contributed by atoms with Crippen LogP contribution in [-0.2, 0) is 4.79 Å². The van der Waals surface area contributed by atoms with Crippen LogP contribution >= 0.6 is 11.8 Å². The van der Waals surface area contributed by atoms with Gasteiger partial charge < -0.3 is 5.32 Å². The fourth-order valence-electron chi connectivity index (χ4n) is 4.65. The zero-order valence-electron chi connectivity index (χ0n) is 11.4. The molecule has 0 spiro atoms. The molecule has 2 N–H and O–H groups in total. The highest BCUT2D eigenvalue weighted by Crippen LogP contribution is 2.60. The van der Waals surface area contributed by atoms with Crippen molar-refractivity contribution in [2.45, 2.75) is 43.3 Å². The van der Waals surface area contributed by atoms with Crippen molar-refractivity contribution in [1.29, 1.82) is 0 Å². The van der Waals surface area contributed by atoms with Gasteiger partial charge in [0.25, 0.3) is 0 Å². The normalized spacial score (nSPS) is 39.1. The molecule has 4 rings (SSSR count). The highest BCUT2D eigenvalue weighted by Gasteiger charge is 2.51. The molecular formula is C14H22N2O2S. The van der Waals surface area contributed by atoms with Gasteiger partial charge in [-0.05, 0) is 56.3 Å². The van der Waals surface area contributed by atoms with Crippen LogP contribution < -0.4 is 10.6 Å². The summed E-state index contributed by atoms with van der Waals surface area (Å²) in [6.07, 6.45) is 8.13. The van der Waals surface area contributed by atoms with Crippen LogP contribution in [0, 0.1) is 17.8 Å². The van der Waals surface area contributed by atoms with Gasteiger partial charge in [0, 0.05) is 11.8 Å². The second-order valence-electron chi connectivity index (χ2n) is 6.52. The van der Waals surface area contributed by atoms with E-state index < -0.39 is 6.03 Å². The molecule has 4 saturated carbocycles. The van der Waals surface area contributed by atoms with Crippen LogP contribution in [0.4, 0.5) is 4.79 Å². The molecule has 0 atom stereocenters. The average molecular weight is 282 g/mol. The number of hydrogen-bond donors (Lipinski definition) is 2. The molecule has 0 radical (unpaired) electrons. The first-order valence-corrected chi connectivity index (χ1v) is 8.23. The largest absolute Gasteiger partial charge is 0.341 e. The van der Waals surface area contributed by atoms with Gasteiger partial charge in [0.2, 0.25) is 5.91 Å². The van der Waals surface area contributed by atoms with Gasteiger partial charge >= 0.3 is 6.03 Å². The van der Waals surface area contributed by atoms with Crippen molar-refractivity contribution in [3.05, 3.63) is 0 Å². The van der Waals surface area contributed by atoms with E-state index in [1.54, 1.807) is 11.8 Å². The van der Waals surface area contributed by atoms with Crippen molar-refractivity contribution in [2.75, 3.05) is 12.8 Å². The fourth-order valence-corrected chi connectivity index (χ4v) is 6.22. The number of carbonyl (C=O) groups excluding carboxylic acids is 2. The summed E-state index contributed by atoms with van der Waals surface area (Å²) in [5, 5.41) is 4.76.